The lowest BCUT2D eigenvalue weighted by Gasteiger charge is -2.18. The molecule has 4 aromatic carbocycles. The van der Waals surface area contributed by atoms with Gasteiger partial charge in [0, 0.05) is 16.3 Å². The van der Waals surface area contributed by atoms with Crippen LogP contribution in [0.4, 0.5) is 15.8 Å². The maximum absolute atomic E-state index is 14.0. The van der Waals surface area contributed by atoms with Crippen LogP contribution in [0, 0.1) is 5.82 Å². The molecule has 0 aliphatic carbocycles. The molecule has 0 saturated carbocycles. The predicted molar refractivity (Wildman–Crippen MR) is 142 cm³/mol. The highest BCUT2D eigenvalue weighted by atomic mass is 32.2. The highest BCUT2D eigenvalue weighted by Gasteiger charge is 2.23. The number of thioether (sulfide) groups is 1. The number of hydrogen-bond donors (Lipinski definition) is 3. The quantitative estimate of drug-likeness (QED) is 0.268. The number of benzene rings is 4. The molecule has 1 unspecified atom stereocenters. The summed E-state index contributed by atoms with van der Waals surface area (Å²) in [6.07, 6.45) is 0. The molecule has 0 spiro atoms. The predicted octanol–water partition coefficient (Wildman–Crippen LogP) is 5.20. The molecule has 0 saturated heterocycles. The van der Waals surface area contributed by atoms with E-state index in [1.807, 2.05) is 30.3 Å². The third-order valence-corrected chi connectivity index (χ3v) is 7.43. The first-order valence-corrected chi connectivity index (χ1v) is 13.4. The molecule has 0 aromatic heterocycles. The van der Waals surface area contributed by atoms with E-state index in [0.29, 0.717) is 16.3 Å². The Morgan fingerprint density at radius 1 is 0.784 bits per heavy atom. The fourth-order valence-electron chi connectivity index (χ4n) is 3.46. The maximum atomic E-state index is 14.0. The molecule has 0 radical (unpaired) electrons. The molecule has 188 valence electrons. The second-order valence-corrected chi connectivity index (χ2v) is 10.7. The topological polar surface area (TPSA) is 118 Å². The molecule has 37 heavy (non-hydrogen) atoms. The number of rotatable bonds is 8. The largest absolute Gasteiger partial charge is 0.325 e. The number of primary sulfonamides is 1. The van der Waals surface area contributed by atoms with E-state index in [1.54, 1.807) is 30.3 Å². The second-order valence-electron chi connectivity index (χ2n) is 7.93. The van der Waals surface area contributed by atoms with Crippen molar-refractivity contribution in [1.29, 1.82) is 0 Å². The zero-order valence-corrected chi connectivity index (χ0v) is 20.9. The lowest BCUT2D eigenvalue weighted by Crippen LogP contribution is -2.19. The zero-order chi connectivity index (χ0) is 26.4. The molecule has 4 N–H and O–H groups in total. The molecule has 1 atom stereocenters. The normalized spacial score (nSPS) is 11.9. The SMILES string of the molecule is NS(=O)(=O)c1ccc(NC(=O)C(Sc2cccc(NC(=O)c3ccccc3F)c2)c2ccccc2)cc1. The Hall–Kier alpha value is -3.99. The molecule has 10 heteroatoms. The molecule has 0 fully saturated rings. The van der Waals surface area contributed by atoms with Crippen LogP contribution in [0.3, 0.4) is 0 Å². The standard InChI is InChI=1S/C27H22FN3O4S2/c28-24-12-5-4-11-23(24)26(32)31-20-9-6-10-21(17-20)36-25(18-7-2-1-3-8-18)27(33)30-19-13-15-22(16-14-19)37(29,34)35/h1-17,25H,(H,30,33)(H,31,32)(H2,29,34,35). The summed E-state index contributed by atoms with van der Waals surface area (Å²) >= 11 is 1.26. The van der Waals surface area contributed by atoms with Crippen LogP contribution in [-0.2, 0) is 14.8 Å². The molecule has 4 aromatic rings. The van der Waals surface area contributed by atoms with E-state index < -0.39 is 27.0 Å². The summed E-state index contributed by atoms with van der Waals surface area (Å²) in [4.78, 5) is 26.5. The van der Waals surface area contributed by atoms with Gasteiger partial charge in [-0.15, -0.1) is 11.8 Å². The zero-order valence-electron chi connectivity index (χ0n) is 19.3. The Bertz CT molecular complexity index is 1530. The van der Waals surface area contributed by atoms with E-state index in [1.165, 1.54) is 54.2 Å². The van der Waals surface area contributed by atoms with Crippen molar-refractivity contribution in [1.82, 2.24) is 0 Å². The number of nitrogens with two attached hydrogens (primary N) is 1. The van der Waals surface area contributed by atoms with Crippen molar-refractivity contribution in [2.24, 2.45) is 5.14 Å². The average molecular weight is 536 g/mol. The van der Waals surface area contributed by atoms with Crippen LogP contribution >= 0.6 is 11.8 Å². The molecular formula is C27H22FN3O4S2. The molecule has 0 heterocycles. The third-order valence-electron chi connectivity index (χ3n) is 5.26. The van der Waals surface area contributed by atoms with Crippen molar-refractivity contribution in [2.45, 2.75) is 15.0 Å². The Morgan fingerprint density at radius 2 is 1.46 bits per heavy atom. The van der Waals surface area contributed by atoms with E-state index in [9.17, 15) is 22.4 Å². The molecule has 0 aliphatic rings. The van der Waals surface area contributed by atoms with Crippen LogP contribution in [0.1, 0.15) is 21.2 Å². The van der Waals surface area contributed by atoms with Crippen molar-refractivity contribution in [3.8, 4) is 0 Å². The van der Waals surface area contributed by atoms with E-state index in [-0.39, 0.29) is 16.4 Å². The van der Waals surface area contributed by atoms with Gasteiger partial charge in [0.2, 0.25) is 15.9 Å². The first-order chi connectivity index (χ1) is 17.7. The van der Waals surface area contributed by atoms with Gasteiger partial charge in [-0.2, -0.15) is 0 Å². The number of carbonyl (C=O) groups is 2. The van der Waals surface area contributed by atoms with Crippen molar-refractivity contribution in [2.75, 3.05) is 10.6 Å². The van der Waals surface area contributed by atoms with Gasteiger partial charge in [-0.1, -0.05) is 48.5 Å². The Kier molecular flexibility index (Phi) is 8.02. The smallest absolute Gasteiger partial charge is 0.258 e. The minimum atomic E-state index is -3.85. The minimum absolute atomic E-state index is 0.0614. The highest BCUT2D eigenvalue weighted by Crippen LogP contribution is 2.37. The lowest BCUT2D eigenvalue weighted by atomic mass is 10.1. The van der Waals surface area contributed by atoms with Gasteiger partial charge >= 0.3 is 0 Å². The van der Waals surface area contributed by atoms with Crippen LogP contribution in [0.25, 0.3) is 0 Å². The number of nitrogens with one attached hydrogen (secondary N) is 2. The van der Waals surface area contributed by atoms with E-state index in [2.05, 4.69) is 10.6 Å². The molecule has 0 aliphatic heterocycles. The van der Waals surface area contributed by atoms with E-state index >= 15 is 0 Å². The van der Waals surface area contributed by atoms with Gasteiger partial charge in [0.1, 0.15) is 11.1 Å². The van der Waals surface area contributed by atoms with Gasteiger partial charge in [-0.25, -0.2) is 17.9 Å². The number of anilines is 2. The first kappa shape index (κ1) is 26.1. The van der Waals surface area contributed by atoms with Crippen molar-refractivity contribution in [3.05, 3.63) is 120 Å². The van der Waals surface area contributed by atoms with Crippen LogP contribution in [0.15, 0.2) is 113 Å². The van der Waals surface area contributed by atoms with Crippen LogP contribution in [0.2, 0.25) is 0 Å². The molecule has 7 nitrogen and oxygen atoms in total. The summed E-state index contributed by atoms with van der Waals surface area (Å²) < 4.78 is 37.0. The summed E-state index contributed by atoms with van der Waals surface area (Å²) in [5.41, 5.74) is 1.52. The van der Waals surface area contributed by atoms with Gasteiger partial charge in [-0.3, -0.25) is 9.59 Å². The van der Waals surface area contributed by atoms with Crippen molar-refractivity contribution >= 4 is 45.0 Å². The number of hydrogen-bond acceptors (Lipinski definition) is 5. The number of carbonyl (C=O) groups excluding carboxylic acids is 2. The lowest BCUT2D eigenvalue weighted by molar-refractivity contribution is -0.115. The number of amides is 2. The summed E-state index contributed by atoms with van der Waals surface area (Å²) in [7, 11) is -3.85. The van der Waals surface area contributed by atoms with Gasteiger partial charge in [0.05, 0.1) is 10.5 Å². The van der Waals surface area contributed by atoms with E-state index in [0.717, 1.165) is 5.56 Å². The second kappa shape index (κ2) is 11.4. The molecular weight excluding hydrogens is 513 g/mol. The number of halogens is 1. The fourth-order valence-corrected chi connectivity index (χ4v) is 5.06. The van der Waals surface area contributed by atoms with Crippen LogP contribution in [-0.4, -0.2) is 20.2 Å². The monoisotopic (exact) mass is 535 g/mol. The summed E-state index contributed by atoms with van der Waals surface area (Å²) in [5, 5.41) is 9.96. The average Bonchev–Trinajstić information content (AvgIpc) is 2.88. The molecule has 2 amide bonds. The summed E-state index contributed by atoms with van der Waals surface area (Å²) in [6.45, 7) is 0. The van der Waals surface area contributed by atoms with Gasteiger partial charge < -0.3 is 10.6 Å². The summed E-state index contributed by atoms with van der Waals surface area (Å²) in [5.74, 6) is -1.54. The highest BCUT2D eigenvalue weighted by molar-refractivity contribution is 8.00. The first-order valence-electron chi connectivity index (χ1n) is 11.0. The van der Waals surface area contributed by atoms with Crippen molar-refractivity contribution in [3.63, 3.8) is 0 Å². The minimum Gasteiger partial charge on any atom is -0.325 e. The van der Waals surface area contributed by atoms with Gasteiger partial charge in [-0.05, 0) is 60.2 Å². The Morgan fingerprint density at radius 3 is 2.14 bits per heavy atom. The molecule has 4 rings (SSSR count). The Balaban J connectivity index is 1.54. The summed E-state index contributed by atoms with van der Waals surface area (Å²) in [6, 6.07) is 27.3. The maximum Gasteiger partial charge on any atom is 0.258 e. The fraction of sp³-hybridized carbons (Fsp3) is 0.0370. The van der Waals surface area contributed by atoms with Crippen molar-refractivity contribution < 1.29 is 22.4 Å². The van der Waals surface area contributed by atoms with Crippen LogP contribution < -0.4 is 15.8 Å². The number of sulfonamides is 1. The van der Waals surface area contributed by atoms with Crippen LogP contribution in [0.5, 0.6) is 0 Å². The third kappa shape index (κ3) is 6.82. The Labute approximate surface area is 218 Å². The van der Waals surface area contributed by atoms with E-state index in [4.69, 9.17) is 5.14 Å². The molecule has 0 bridgehead atoms. The van der Waals surface area contributed by atoms with Gasteiger partial charge in [0.25, 0.3) is 5.91 Å². The van der Waals surface area contributed by atoms with Gasteiger partial charge in [0.15, 0.2) is 0 Å².